The van der Waals surface area contributed by atoms with E-state index < -0.39 is 29.4 Å². The topological polar surface area (TPSA) is 122 Å². The molecule has 0 atom stereocenters. The molecule has 2 amide bonds. The molecule has 216 valence electrons. The van der Waals surface area contributed by atoms with Gasteiger partial charge in [0.05, 0.1) is 19.9 Å². The molecule has 0 bridgehead atoms. The summed E-state index contributed by atoms with van der Waals surface area (Å²) in [6.45, 7) is 11.9. The summed E-state index contributed by atoms with van der Waals surface area (Å²) in [6.07, 6.45) is 0.720. The molecule has 0 fully saturated rings. The molecular formula is C30H34N4O7. The van der Waals surface area contributed by atoms with Crippen LogP contribution in [-0.2, 0) is 14.2 Å². The predicted octanol–water partition coefficient (Wildman–Crippen LogP) is 6.41. The molecule has 11 heteroatoms. The van der Waals surface area contributed by atoms with Crippen molar-refractivity contribution in [3.8, 4) is 16.9 Å². The maximum absolute atomic E-state index is 13.8. The van der Waals surface area contributed by atoms with Gasteiger partial charge >= 0.3 is 18.2 Å². The number of hydrogen-bond donors (Lipinski definition) is 0. The molecule has 41 heavy (non-hydrogen) atoms. The highest BCUT2D eigenvalue weighted by Gasteiger charge is 2.38. The molecular weight excluding hydrogens is 528 g/mol. The first-order chi connectivity index (χ1) is 19.3. The fourth-order valence-corrected chi connectivity index (χ4v) is 4.23. The quantitative estimate of drug-likeness (QED) is 0.200. The van der Waals surface area contributed by atoms with Gasteiger partial charge in [-0.15, -0.1) is 0 Å². The smallest absolute Gasteiger partial charge is 0.425 e. The third-order valence-electron chi connectivity index (χ3n) is 5.74. The SMILES string of the molecule is CCOC(=O)c1cnn2c(N(C(=O)OC(C)(C)C)C(=O)OC(C)(C)C)c(-c3c(OC)ccc4ccccc34)cnc12. The Balaban J connectivity index is 2.13. The Morgan fingerprint density at radius 3 is 2.12 bits per heavy atom. The van der Waals surface area contributed by atoms with Crippen LogP contribution in [-0.4, -0.2) is 57.7 Å². The number of carbonyl (C=O) groups is 3. The Morgan fingerprint density at radius 1 is 0.902 bits per heavy atom. The number of hydrogen-bond acceptors (Lipinski definition) is 9. The summed E-state index contributed by atoms with van der Waals surface area (Å²) in [6, 6.07) is 11.3. The maximum Gasteiger partial charge on any atom is 0.425 e. The van der Waals surface area contributed by atoms with Crippen LogP contribution in [0.2, 0.25) is 0 Å². The van der Waals surface area contributed by atoms with E-state index in [1.54, 1.807) is 54.5 Å². The molecule has 0 saturated carbocycles. The molecule has 0 aliphatic carbocycles. The van der Waals surface area contributed by atoms with Gasteiger partial charge in [0.2, 0.25) is 0 Å². The lowest BCUT2D eigenvalue weighted by molar-refractivity contribution is 0.0426. The monoisotopic (exact) mass is 562 g/mol. The molecule has 0 aliphatic heterocycles. The zero-order chi connectivity index (χ0) is 30.1. The van der Waals surface area contributed by atoms with Crippen LogP contribution in [0.4, 0.5) is 15.4 Å². The Bertz CT molecular complexity index is 1600. The minimum Gasteiger partial charge on any atom is -0.496 e. The van der Waals surface area contributed by atoms with E-state index in [4.69, 9.17) is 18.9 Å². The summed E-state index contributed by atoms with van der Waals surface area (Å²) in [5.74, 6) is -0.251. The van der Waals surface area contributed by atoms with E-state index in [1.165, 1.54) is 24.0 Å². The molecule has 4 aromatic rings. The largest absolute Gasteiger partial charge is 0.496 e. The first-order valence-electron chi connectivity index (χ1n) is 13.1. The lowest BCUT2D eigenvalue weighted by Gasteiger charge is -2.30. The van der Waals surface area contributed by atoms with Gasteiger partial charge in [-0.05, 0) is 65.3 Å². The van der Waals surface area contributed by atoms with Crippen LogP contribution in [0.1, 0.15) is 58.8 Å². The molecule has 0 spiro atoms. The average molecular weight is 563 g/mol. The van der Waals surface area contributed by atoms with Gasteiger partial charge in [0, 0.05) is 17.3 Å². The predicted molar refractivity (Wildman–Crippen MR) is 153 cm³/mol. The highest BCUT2D eigenvalue weighted by atomic mass is 16.6. The Labute approximate surface area is 238 Å². The van der Waals surface area contributed by atoms with E-state index in [0.717, 1.165) is 15.7 Å². The van der Waals surface area contributed by atoms with Crippen molar-refractivity contribution < 1.29 is 33.3 Å². The van der Waals surface area contributed by atoms with Gasteiger partial charge in [0.1, 0.15) is 22.5 Å². The molecule has 0 N–H and O–H groups in total. The number of esters is 1. The number of anilines is 1. The van der Waals surface area contributed by atoms with E-state index in [-0.39, 0.29) is 23.6 Å². The fourth-order valence-electron chi connectivity index (χ4n) is 4.23. The fraction of sp³-hybridized carbons (Fsp3) is 0.367. The van der Waals surface area contributed by atoms with Gasteiger partial charge < -0.3 is 18.9 Å². The molecule has 2 aromatic carbocycles. The summed E-state index contributed by atoms with van der Waals surface area (Å²) in [5, 5.41) is 6.02. The van der Waals surface area contributed by atoms with Crippen molar-refractivity contribution in [2.24, 2.45) is 0 Å². The summed E-state index contributed by atoms with van der Waals surface area (Å²) in [4.78, 5) is 45.6. The highest BCUT2D eigenvalue weighted by Crippen LogP contribution is 2.42. The lowest BCUT2D eigenvalue weighted by atomic mass is 9.98. The lowest BCUT2D eigenvalue weighted by Crippen LogP contribution is -2.45. The van der Waals surface area contributed by atoms with Gasteiger partial charge in [0.25, 0.3) is 0 Å². The summed E-state index contributed by atoms with van der Waals surface area (Å²) in [7, 11) is 1.52. The second kappa shape index (κ2) is 11.1. The number of amides is 2. The number of imide groups is 1. The van der Waals surface area contributed by atoms with Crippen LogP contribution in [0.25, 0.3) is 27.5 Å². The van der Waals surface area contributed by atoms with Crippen LogP contribution >= 0.6 is 0 Å². The van der Waals surface area contributed by atoms with Crippen LogP contribution in [0, 0.1) is 0 Å². The summed E-state index contributed by atoms with van der Waals surface area (Å²) < 4.78 is 23.5. The Hall–Kier alpha value is -4.67. The number of benzene rings is 2. The number of rotatable bonds is 5. The number of carbonyl (C=O) groups excluding carboxylic acids is 3. The molecule has 4 rings (SSSR count). The third kappa shape index (κ3) is 6.08. The van der Waals surface area contributed by atoms with Gasteiger partial charge in [0.15, 0.2) is 11.5 Å². The second-order valence-electron chi connectivity index (χ2n) is 11.2. The molecule has 0 radical (unpaired) electrons. The Kier molecular flexibility index (Phi) is 7.92. The first-order valence-corrected chi connectivity index (χ1v) is 13.1. The van der Waals surface area contributed by atoms with E-state index in [0.29, 0.717) is 16.9 Å². The second-order valence-corrected chi connectivity index (χ2v) is 11.2. The van der Waals surface area contributed by atoms with Crippen molar-refractivity contribution in [3.05, 3.63) is 54.4 Å². The van der Waals surface area contributed by atoms with Crippen molar-refractivity contribution >= 4 is 40.4 Å². The number of nitrogens with zero attached hydrogens (tertiary/aromatic N) is 4. The van der Waals surface area contributed by atoms with Crippen LogP contribution < -0.4 is 9.64 Å². The third-order valence-corrected chi connectivity index (χ3v) is 5.74. The molecule has 2 heterocycles. The van der Waals surface area contributed by atoms with E-state index in [9.17, 15) is 14.4 Å². The highest BCUT2D eigenvalue weighted by molar-refractivity contribution is 6.14. The standard InChI is InChI=1S/C30H34N4O7/c1-9-39-26(35)21-17-32-34-24(21)31-16-20(23-19-13-11-10-12-18(19)14-15-22(23)38-8)25(34)33(27(36)40-29(2,3)4)28(37)41-30(5,6)7/h10-17H,9H2,1-8H3. The molecule has 0 unspecified atom stereocenters. The molecule has 0 saturated heterocycles. The summed E-state index contributed by atoms with van der Waals surface area (Å²) >= 11 is 0. The van der Waals surface area contributed by atoms with Gasteiger partial charge in [-0.3, -0.25) is 0 Å². The first kappa shape index (κ1) is 29.3. The van der Waals surface area contributed by atoms with Crippen LogP contribution in [0.3, 0.4) is 0 Å². The summed E-state index contributed by atoms with van der Waals surface area (Å²) in [5.41, 5.74) is -0.944. The van der Waals surface area contributed by atoms with Crippen molar-refractivity contribution in [3.63, 3.8) is 0 Å². The molecule has 0 aliphatic rings. The number of methoxy groups -OCH3 is 1. The number of aromatic nitrogens is 3. The van der Waals surface area contributed by atoms with Crippen molar-refractivity contribution in [1.29, 1.82) is 0 Å². The van der Waals surface area contributed by atoms with E-state index in [1.807, 2.05) is 30.3 Å². The minimum absolute atomic E-state index is 0.0521. The van der Waals surface area contributed by atoms with E-state index >= 15 is 0 Å². The van der Waals surface area contributed by atoms with Crippen LogP contribution in [0.5, 0.6) is 5.75 Å². The minimum atomic E-state index is -1.01. The van der Waals surface area contributed by atoms with E-state index in [2.05, 4.69) is 10.1 Å². The zero-order valence-electron chi connectivity index (χ0n) is 24.5. The number of ether oxygens (including phenoxy) is 4. The molecule has 11 nitrogen and oxygen atoms in total. The van der Waals surface area contributed by atoms with Gasteiger partial charge in [-0.2, -0.15) is 14.5 Å². The molecule has 2 aromatic heterocycles. The van der Waals surface area contributed by atoms with Crippen molar-refractivity contribution in [1.82, 2.24) is 14.6 Å². The zero-order valence-corrected chi connectivity index (χ0v) is 24.5. The normalized spacial score (nSPS) is 11.8. The van der Waals surface area contributed by atoms with Crippen molar-refractivity contribution in [2.45, 2.75) is 59.7 Å². The van der Waals surface area contributed by atoms with Gasteiger partial charge in [-0.1, -0.05) is 30.3 Å². The van der Waals surface area contributed by atoms with Gasteiger partial charge in [-0.25, -0.2) is 19.4 Å². The maximum atomic E-state index is 13.8. The Morgan fingerprint density at radius 2 is 1.54 bits per heavy atom. The van der Waals surface area contributed by atoms with Crippen molar-refractivity contribution in [2.75, 3.05) is 18.6 Å². The number of fused-ring (bicyclic) bond motifs is 2. The van der Waals surface area contributed by atoms with Crippen LogP contribution in [0.15, 0.2) is 48.8 Å². The average Bonchev–Trinajstić information content (AvgIpc) is 3.31.